The summed E-state index contributed by atoms with van der Waals surface area (Å²) in [6.45, 7) is 7.20. The largest absolute Gasteiger partial charge is 0.447 e. The lowest BCUT2D eigenvalue weighted by atomic mass is 9.94. The Kier molecular flexibility index (Phi) is 9.07. The number of carbonyl (C=O) groups is 2. The number of piperazine rings is 1. The van der Waals surface area contributed by atoms with Crippen molar-refractivity contribution in [2.45, 2.75) is 64.3 Å². The number of amides is 2. The van der Waals surface area contributed by atoms with E-state index in [2.05, 4.69) is 48.6 Å². The lowest BCUT2D eigenvalue weighted by Crippen LogP contribution is -2.62. The topological polar surface area (TPSA) is 83.8 Å². The third kappa shape index (κ3) is 6.61. The summed E-state index contributed by atoms with van der Waals surface area (Å²) in [6.07, 6.45) is 10.4. The number of hydrogen-bond donors (Lipinski definition) is 0. The number of benzene rings is 1. The number of rotatable bonds is 5. The number of halogens is 2. The molecule has 11 heteroatoms. The highest BCUT2D eigenvalue weighted by Crippen LogP contribution is 2.39. The molecule has 2 amide bonds. The lowest BCUT2D eigenvalue weighted by molar-refractivity contribution is -0.141. The van der Waals surface area contributed by atoms with Crippen LogP contribution in [0.2, 0.25) is 5.02 Å². The smallest absolute Gasteiger partial charge is 0.410 e. The van der Waals surface area contributed by atoms with E-state index in [9.17, 15) is 9.59 Å². The van der Waals surface area contributed by atoms with Gasteiger partial charge >= 0.3 is 6.09 Å². The number of aromatic nitrogens is 3. The van der Waals surface area contributed by atoms with Crippen molar-refractivity contribution in [2.75, 3.05) is 32.7 Å². The van der Waals surface area contributed by atoms with Gasteiger partial charge in [-0.05, 0) is 96.3 Å². The van der Waals surface area contributed by atoms with Gasteiger partial charge in [-0.15, -0.1) is 0 Å². The third-order valence-electron chi connectivity index (χ3n) is 8.78. The zero-order valence-electron chi connectivity index (χ0n) is 24.7. The van der Waals surface area contributed by atoms with Crippen LogP contribution in [0.1, 0.15) is 55.1 Å². The van der Waals surface area contributed by atoms with Crippen LogP contribution in [-0.2, 0) is 28.9 Å². The Morgan fingerprint density at radius 2 is 1.95 bits per heavy atom. The lowest BCUT2D eigenvalue weighted by Gasteiger charge is -2.45. The number of ether oxygens (including phenoxy) is 1. The van der Waals surface area contributed by atoms with Gasteiger partial charge in [0.05, 0.1) is 24.2 Å². The molecule has 3 aliphatic rings. The summed E-state index contributed by atoms with van der Waals surface area (Å²) < 4.78 is 8.66. The number of piperidine rings is 1. The minimum Gasteiger partial charge on any atom is -0.447 e. The summed E-state index contributed by atoms with van der Waals surface area (Å²) in [5.74, 6) is 0.311. The first kappa shape index (κ1) is 30.1. The molecule has 228 valence electrons. The van der Waals surface area contributed by atoms with Crippen LogP contribution in [0.3, 0.4) is 0 Å². The number of pyridine rings is 1. The van der Waals surface area contributed by atoms with Crippen LogP contribution in [0.4, 0.5) is 4.79 Å². The maximum Gasteiger partial charge on any atom is 0.410 e. The minimum absolute atomic E-state index is 0.0188. The number of likely N-dealkylation sites (tertiary alicyclic amines) is 1. The molecule has 9 nitrogen and oxygen atoms in total. The van der Waals surface area contributed by atoms with Crippen molar-refractivity contribution < 1.29 is 14.3 Å². The zero-order valence-corrected chi connectivity index (χ0v) is 27.0. The van der Waals surface area contributed by atoms with Gasteiger partial charge in [0.25, 0.3) is 0 Å². The fourth-order valence-electron chi connectivity index (χ4n) is 6.84. The number of aryl methyl sites for hydroxylation is 2. The summed E-state index contributed by atoms with van der Waals surface area (Å²) in [5.41, 5.74) is 4.51. The summed E-state index contributed by atoms with van der Waals surface area (Å²) in [6, 6.07) is 7.41. The van der Waals surface area contributed by atoms with Gasteiger partial charge < -0.3 is 14.2 Å². The van der Waals surface area contributed by atoms with Crippen LogP contribution < -0.4 is 0 Å². The highest BCUT2D eigenvalue weighted by Gasteiger charge is 2.43. The Bertz CT molecular complexity index is 1410. The van der Waals surface area contributed by atoms with E-state index in [1.165, 1.54) is 11.1 Å². The molecule has 4 heterocycles. The van der Waals surface area contributed by atoms with E-state index in [0.717, 1.165) is 48.0 Å². The highest BCUT2D eigenvalue weighted by molar-refractivity contribution is 9.10. The molecule has 2 saturated heterocycles. The van der Waals surface area contributed by atoms with E-state index >= 15 is 0 Å². The fourth-order valence-corrected chi connectivity index (χ4v) is 7.41. The van der Waals surface area contributed by atoms with Crippen LogP contribution in [0.25, 0.3) is 0 Å². The fraction of sp³-hybridized carbons (Fsp3) is 0.500. The molecule has 0 saturated carbocycles. The molecule has 0 spiro atoms. The standard InChI is InChI=1S/C32H38BrClN6O3/c1-21(2)43-32(42)40-13-12-38(19-28(40)31(41)39-10-3-4-22(18-39)17-37-11-9-35-20-37)30-27-8-7-26(34)15-23(27)5-6-24-14-25(33)16-36-29(24)30/h7-9,11,14-16,20-22,28,30H,3-6,10,12-13,17-19H2,1-2H3/t22-,28-,30-/m1/s1. The molecule has 0 unspecified atom stereocenters. The van der Waals surface area contributed by atoms with Gasteiger partial charge in [0.15, 0.2) is 0 Å². The quantitative estimate of drug-likeness (QED) is 0.364. The molecule has 2 aromatic heterocycles. The normalized spacial score (nSPS) is 22.6. The van der Waals surface area contributed by atoms with Gasteiger partial charge in [0, 0.05) is 67.4 Å². The average molecular weight is 670 g/mol. The molecule has 43 heavy (non-hydrogen) atoms. The van der Waals surface area contributed by atoms with Crippen LogP contribution in [0.5, 0.6) is 0 Å². The van der Waals surface area contributed by atoms with Crippen LogP contribution >= 0.6 is 27.5 Å². The van der Waals surface area contributed by atoms with Crippen molar-refractivity contribution in [1.29, 1.82) is 0 Å². The Labute approximate surface area is 266 Å². The molecule has 0 bridgehead atoms. The van der Waals surface area contributed by atoms with Crippen LogP contribution in [0.15, 0.2) is 53.7 Å². The second-order valence-corrected chi connectivity index (χ2v) is 13.5. The number of imidazole rings is 1. The van der Waals surface area contributed by atoms with Crippen LogP contribution in [-0.4, -0.2) is 86.1 Å². The number of nitrogens with zero attached hydrogens (tertiary/aromatic N) is 6. The van der Waals surface area contributed by atoms with Gasteiger partial charge in [-0.25, -0.2) is 9.78 Å². The molecule has 1 aromatic carbocycles. The molecule has 0 N–H and O–H groups in total. The molecular weight excluding hydrogens is 632 g/mol. The monoisotopic (exact) mass is 668 g/mol. The molecule has 6 rings (SSSR count). The van der Waals surface area contributed by atoms with Crippen molar-refractivity contribution in [3.8, 4) is 0 Å². The first-order chi connectivity index (χ1) is 20.8. The number of hydrogen-bond acceptors (Lipinski definition) is 6. The Hall–Kier alpha value is -2.95. The maximum atomic E-state index is 14.4. The van der Waals surface area contributed by atoms with Crippen molar-refractivity contribution >= 4 is 39.5 Å². The minimum atomic E-state index is -0.662. The first-order valence-electron chi connectivity index (χ1n) is 15.1. The van der Waals surface area contributed by atoms with E-state index in [1.54, 1.807) is 11.1 Å². The van der Waals surface area contributed by atoms with Gasteiger partial charge in [0.1, 0.15) is 6.04 Å². The van der Waals surface area contributed by atoms with Crippen LogP contribution in [0, 0.1) is 5.92 Å². The van der Waals surface area contributed by atoms with E-state index in [-0.39, 0.29) is 18.1 Å². The van der Waals surface area contributed by atoms with Gasteiger partial charge in [0.2, 0.25) is 5.91 Å². The molecular formula is C32H38BrClN6O3. The van der Waals surface area contributed by atoms with Gasteiger partial charge in [-0.1, -0.05) is 17.7 Å². The number of carbonyl (C=O) groups excluding carboxylic acids is 2. The Morgan fingerprint density at radius 3 is 2.74 bits per heavy atom. The molecule has 3 atom stereocenters. The van der Waals surface area contributed by atoms with Crippen molar-refractivity contribution in [1.82, 2.24) is 29.2 Å². The Morgan fingerprint density at radius 1 is 1.12 bits per heavy atom. The van der Waals surface area contributed by atoms with Crippen molar-refractivity contribution in [3.05, 3.63) is 81.1 Å². The molecule has 2 fully saturated rings. The third-order valence-corrected chi connectivity index (χ3v) is 9.45. The zero-order chi connectivity index (χ0) is 30.1. The molecule has 3 aromatic rings. The molecule has 2 aliphatic heterocycles. The maximum absolute atomic E-state index is 14.4. The predicted octanol–water partition coefficient (Wildman–Crippen LogP) is 5.35. The summed E-state index contributed by atoms with van der Waals surface area (Å²) in [7, 11) is 0. The van der Waals surface area contributed by atoms with E-state index < -0.39 is 12.1 Å². The van der Waals surface area contributed by atoms with E-state index in [4.69, 9.17) is 21.3 Å². The summed E-state index contributed by atoms with van der Waals surface area (Å²) in [5, 5.41) is 0.710. The van der Waals surface area contributed by atoms with Gasteiger partial charge in [-0.2, -0.15) is 0 Å². The Balaban J connectivity index is 1.32. The number of fused-ring (bicyclic) bond motifs is 2. The second-order valence-electron chi connectivity index (χ2n) is 12.1. The molecule has 1 aliphatic carbocycles. The SMILES string of the molecule is CC(C)OC(=O)N1CCN([C@@H]2c3ccc(Cl)cc3CCc3cc(Br)cnc32)C[C@@H]1C(=O)N1CCC[C@H](Cn2ccnc2)C1. The van der Waals surface area contributed by atoms with Crippen molar-refractivity contribution in [2.24, 2.45) is 5.92 Å². The average Bonchev–Trinajstić information content (AvgIpc) is 3.44. The first-order valence-corrected chi connectivity index (χ1v) is 16.3. The second kappa shape index (κ2) is 13.0. The highest BCUT2D eigenvalue weighted by atomic mass is 79.9. The summed E-state index contributed by atoms with van der Waals surface area (Å²) >= 11 is 10.1. The van der Waals surface area contributed by atoms with E-state index in [0.29, 0.717) is 43.7 Å². The summed E-state index contributed by atoms with van der Waals surface area (Å²) in [4.78, 5) is 42.8. The van der Waals surface area contributed by atoms with E-state index in [1.807, 2.05) is 43.5 Å². The van der Waals surface area contributed by atoms with Gasteiger partial charge in [-0.3, -0.25) is 19.6 Å². The van der Waals surface area contributed by atoms with Crippen molar-refractivity contribution in [3.63, 3.8) is 0 Å². The predicted molar refractivity (Wildman–Crippen MR) is 168 cm³/mol. The molecule has 0 radical (unpaired) electrons.